The first-order valence-electron chi connectivity index (χ1n) is 9.72. The number of morpholine rings is 1. The summed E-state index contributed by atoms with van der Waals surface area (Å²) in [5.74, 6) is 1.99. The minimum atomic E-state index is 0.602. The quantitative estimate of drug-likeness (QED) is 0.487. The van der Waals surface area contributed by atoms with Gasteiger partial charge in [0.25, 0.3) is 0 Å². The Morgan fingerprint density at radius 2 is 2.10 bits per heavy atom. The van der Waals surface area contributed by atoms with Crippen molar-refractivity contribution in [3.8, 4) is 11.5 Å². The molecule has 0 bridgehead atoms. The summed E-state index contributed by atoms with van der Waals surface area (Å²) in [6.45, 7) is 12.8. The lowest BCUT2D eigenvalue weighted by Gasteiger charge is -2.26. The topological polar surface area (TPSA) is 68.7 Å². The summed E-state index contributed by atoms with van der Waals surface area (Å²) in [5.41, 5.74) is 1.47. The summed E-state index contributed by atoms with van der Waals surface area (Å²) in [7, 11) is 1.63. The van der Waals surface area contributed by atoms with Crippen molar-refractivity contribution in [2.45, 2.75) is 6.42 Å². The molecule has 1 aromatic carbocycles. The van der Waals surface area contributed by atoms with E-state index >= 15 is 0 Å². The standard InChI is InChI=1S/C22H28N4O3/c1-4-5-7-17(2)25-22-18-14-21(20(27-3)15-19(18)23-16-24-22)29-11-6-8-26-9-12-28-13-10-26/h4-5,7,14-16H,1-2,6,8-13H2,3H3,(H,23,24,25)/b7-5-. The lowest BCUT2D eigenvalue weighted by molar-refractivity contribution is 0.0357. The third kappa shape index (κ3) is 5.79. The number of methoxy groups -OCH3 is 1. The Morgan fingerprint density at radius 3 is 2.86 bits per heavy atom. The van der Waals surface area contributed by atoms with Crippen LogP contribution in [0.2, 0.25) is 0 Å². The molecule has 0 spiro atoms. The van der Waals surface area contributed by atoms with Crippen LogP contribution in [0.3, 0.4) is 0 Å². The second-order valence-electron chi connectivity index (χ2n) is 6.64. The van der Waals surface area contributed by atoms with Crippen LogP contribution >= 0.6 is 0 Å². The molecule has 0 aliphatic carbocycles. The zero-order chi connectivity index (χ0) is 20.5. The number of allylic oxidation sites excluding steroid dienone is 3. The molecule has 7 heteroatoms. The van der Waals surface area contributed by atoms with E-state index < -0.39 is 0 Å². The van der Waals surface area contributed by atoms with Crippen molar-refractivity contribution in [2.75, 3.05) is 51.9 Å². The number of hydrogen-bond acceptors (Lipinski definition) is 7. The predicted molar refractivity (Wildman–Crippen MR) is 116 cm³/mol. The van der Waals surface area contributed by atoms with Gasteiger partial charge in [0.1, 0.15) is 12.1 Å². The summed E-state index contributed by atoms with van der Waals surface area (Å²) in [4.78, 5) is 11.1. The van der Waals surface area contributed by atoms with Gasteiger partial charge in [-0.1, -0.05) is 25.3 Å². The van der Waals surface area contributed by atoms with Crippen LogP contribution in [0.5, 0.6) is 11.5 Å². The lowest BCUT2D eigenvalue weighted by atomic mass is 10.2. The molecule has 1 aliphatic heterocycles. The van der Waals surface area contributed by atoms with E-state index in [1.165, 1.54) is 6.33 Å². The van der Waals surface area contributed by atoms with Crippen molar-refractivity contribution >= 4 is 16.7 Å². The number of anilines is 1. The fourth-order valence-electron chi connectivity index (χ4n) is 3.11. The van der Waals surface area contributed by atoms with Gasteiger partial charge >= 0.3 is 0 Å². The molecule has 29 heavy (non-hydrogen) atoms. The number of rotatable bonds is 10. The molecule has 0 atom stereocenters. The van der Waals surface area contributed by atoms with E-state index in [1.54, 1.807) is 13.2 Å². The van der Waals surface area contributed by atoms with Gasteiger partial charge in [-0.3, -0.25) is 4.90 Å². The molecule has 0 radical (unpaired) electrons. The number of nitrogens with one attached hydrogen (secondary N) is 1. The summed E-state index contributed by atoms with van der Waals surface area (Å²) in [6, 6.07) is 3.78. The van der Waals surface area contributed by atoms with Crippen LogP contribution in [-0.2, 0) is 4.74 Å². The van der Waals surface area contributed by atoms with Crippen molar-refractivity contribution in [1.82, 2.24) is 14.9 Å². The molecule has 3 rings (SSSR count). The van der Waals surface area contributed by atoms with Crippen LogP contribution in [0, 0.1) is 0 Å². The molecule has 1 saturated heterocycles. The third-order valence-corrected chi connectivity index (χ3v) is 4.61. The zero-order valence-corrected chi connectivity index (χ0v) is 16.9. The maximum Gasteiger partial charge on any atom is 0.162 e. The van der Waals surface area contributed by atoms with Crippen LogP contribution in [0.4, 0.5) is 5.82 Å². The highest BCUT2D eigenvalue weighted by molar-refractivity contribution is 5.92. The van der Waals surface area contributed by atoms with Crippen molar-refractivity contribution in [3.63, 3.8) is 0 Å². The van der Waals surface area contributed by atoms with Crippen molar-refractivity contribution < 1.29 is 14.2 Å². The second kappa shape index (κ2) is 10.6. The van der Waals surface area contributed by atoms with Crippen LogP contribution in [0.25, 0.3) is 10.9 Å². The van der Waals surface area contributed by atoms with Gasteiger partial charge in [0.2, 0.25) is 0 Å². The first-order valence-corrected chi connectivity index (χ1v) is 9.72. The minimum Gasteiger partial charge on any atom is -0.493 e. The molecule has 2 aromatic rings. The monoisotopic (exact) mass is 396 g/mol. The molecule has 0 saturated carbocycles. The first-order chi connectivity index (χ1) is 14.2. The van der Waals surface area contributed by atoms with Gasteiger partial charge in [0.15, 0.2) is 11.5 Å². The number of benzene rings is 1. The minimum absolute atomic E-state index is 0.602. The van der Waals surface area contributed by atoms with E-state index in [2.05, 4.69) is 33.3 Å². The Morgan fingerprint density at radius 1 is 1.28 bits per heavy atom. The van der Waals surface area contributed by atoms with Gasteiger partial charge in [-0.25, -0.2) is 9.97 Å². The van der Waals surface area contributed by atoms with Gasteiger partial charge < -0.3 is 19.5 Å². The molecule has 0 amide bonds. The maximum atomic E-state index is 6.04. The number of nitrogens with zero attached hydrogens (tertiary/aromatic N) is 3. The Hall–Kier alpha value is -2.90. The smallest absolute Gasteiger partial charge is 0.162 e. The number of aromatic nitrogens is 2. The number of ether oxygens (including phenoxy) is 3. The maximum absolute atomic E-state index is 6.04. The SMILES string of the molecule is C=C/C=C\C(=C)Nc1ncnc2cc(OC)c(OCCCN3CCOCC3)cc12. The van der Waals surface area contributed by atoms with E-state index in [0.29, 0.717) is 29.6 Å². The summed E-state index contributed by atoms with van der Waals surface area (Å²) in [6.07, 6.45) is 7.77. The van der Waals surface area contributed by atoms with Gasteiger partial charge in [-0.2, -0.15) is 0 Å². The highest BCUT2D eigenvalue weighted by Gasteiger charge is 2.13. The van der Waals surface area contributed by atoms with Crippen LogP contribution in [0.15, 0.2) is 55.5 Å². The Balaban J connectivity index is 1.71. The van der Waals surface area contributed by atoms with E-state index in [-0.39, 0.29) is 0 Å². The van der Waals surface area contributed by atoms with Crippen molar-refractivity contribution in [1.29, 1.82) is 0 Å². The fraction of sp³-hybridized carbons (Fsp3) is 0.364. The highest BCUT2D eigenvalue weighted by Crippen LogP contribution is 2.34. The second-order valence-corrected chi connectivity index (χ2v) is 6.64. The molecule has 1 aromatic heterocycles. The van der Waals surface area contributed by atoms with E-state index in [9.17, 15) is 0 Å². The van der Waals surface area contributed by atoms with Crippen LogP contribution in [-0.4, -0.2) is 61.4 Å². The van der Waals surface area contributed by atoms with Gasteiger partial charge in [-0.05, 0) is 18.6 Å². The van der Waals surface area contributed by atoms with Gasteiger partial charge in [0.05, 0.1) is 32.4 Å². The Kier molecular flexibility index (Phi) is 7.61. The molecular weight excluding hydrogens is 368 g/mol. The molecule has 1 fully saturated rings. The van der Waals surface area contributed by atoms with Crippen molar-refractivity contribution in [2.24, 2.45) is 0 Å². The summed E-state index contributed by atoms with van der Waals surface area (Å²) in [5, 5.41) is 4.04. The molecule has 154 valence electrons. The van der Waals surface area contributed by atoms with Crippen molar-refractivity contribution in [3.05, 3.63) is 55.5 Å². The average molecular weight is 396 g/mol. The molecule has 1 aliphatic rings. The van der Waals surface area contributed by atoms with E-state index in [0.717, 1.165) is 50.2 Å². The first kappa shape index (κ1) is 20.8. The highest BCUT2D eigenvalue weighted by atomic mass is 16.5. The van der Waals surface area contributed by atoms with Gasteiger partial charge in [0, 0.05) is 36.8 Å². The third-order valence-electron chi connectivity index (χ3n) is 4.61. The number of fused-ring (bicyclic) bond motifs is 1. The van der Waals surface area contributed by atoms with E-state index in [4.69, 9.17) is 14.2 Å². The largest absolute Gasteiger partial charge is 0.493 e. The fourth-order valence-corrected chi connectivity index (χ4v) is 3.11. The summed E-state index contributed by atoms with van der Waals surface area (Å²) >= 11 is 0. The molecule has 1 N–H and O–H groups in total. The molecule has 0 unspecified atom stereocenters. The molecular formula is C22H28N4O3. The lowest BCUT2D eigenvalue weighted by Crippen LogP contribution is -2.37. The predicted octanol–water partition coefficient (Wildman–Crippen LogP) is 3.41. The molecule has 7 nitrogen and oxygen atoms in total. The van der Waals surface area contributed by atoms with Crippen LogP contribution in [0.1, 0.15) is 6.42 Å². The van der Waals surface area contributed by atoms with Crippen LogP contribution < -0.4 is 14.8 Å². The normalized spacial score (nSPS) is 14.8. The number of hydrogen-bond donors (Lipinski definition) is 1. The summed E-state index contributed by atoms with van der Waals surface area (Å²) < 4.78 is 16.9. The average Bonchev–Trinajstić information content (AvgIpc) is 2.75. The Bertz CT molecular complexity index is 876. The van der Waals surface area contributed by atoms with E-state index in [1.807, 2.05) is 24.3 Å². The van der Waals surface area contributed by atoms with Gasteiger partial charge in [-0.15, -0.1) is 0 Å². The molecule has 2 heterocycles. The zero-order valence-electron chi connectivity index (χ0n) is 16.9. The Labute approximate surface area is 171 Å².